The van der Waals surface area contributed by atoms with E-state index in [1.807, 2.05) is 0 Å². The average molecular weight is 257 g/mol. The molecular formula is C11H10BrFO. The summed E-state index contributed by atoms with van der Waals surface area (Å²) in [7, 11) is 0. The molecule has 1 fully saturated rings. The van der Waals surface area contributed by atoms with Gasteiger partial charge in [-0.05, 0) is 46.5 Å². The molecule has 0 aliphatic heterocycles. The van der Waals surface area contributed by atoms with Crippen molar-refractivity contribution in [1.29, 1.82) is 0 Å². The molecule has 1 aromatic carbocycles. The van der Waals surface area contributed by atoms with E-state index in [0.29, 0.717) is 10.9 Å². The molecule has 1 saturated carbocycles. The molecule has 0 heterocycles. The van der Waals surface area contributed by atoms with Gasteiger partial charge in [0, 0.05) is 12.3 Å². The Morgan fingerprint density at radius 2 is 2.21 bits per heavy atom. The first-order valence-corrected chi connectivity index (χ1v) is 5.43. The van der Waals surface area contributed by atoms with Crippen LogP contribution in [0.5, 0.6) is 0 Å². The van der Waals surface area contributed by atoms with Crippen molar-refractivity contribution in [2.24, 2.45) is 5.92 Å². The maximum absolute atomic E-state index is 12.9. The summed E-state index contributed by atoms with van der Waals surface area (Å²) in [6.45, 7) is 0. The maximum Gasteiger partial charge on any atom is 0.140 e. The van der Waals surface area contributed by atoms with Crippen molar-refractivity contribution in [3.8, 4) is 0 Å². The summed E-state index contributed by atoms with van der Waals surface area (Å²) in [5, 5.41) is 0. The van der Waals surface area contributed by atoms with Gasteiger partial charge in [0.15, 0.2) is 0 Å². The zero-order valence-corrected chi connectivity index (χ0v) is 9.18. The van der Waals surface area contributed by atoms with Gasteiger partial charge in [0.25, 0.3) is 0 Å². The molecule has 1 aliphatic rings. The number of hydrogen-bond donors (Lipinski definition) is 0. The monoisotopic (exact) mass is 256 g/mol. The number of ketones is 1. The van der Waals surface area contributed by atoms with Crippen molar-refractivity contribution in [2.45, 2.75) is 19.3 Å². The minimum atomic E-state index is -0.285. The van der Waals surface area contributed by atoms with E-state index in [9.17, 15) is 9.18 Å². The van der Waals surface area contributed by atoms with Crippen LogP contribution in [0.4, 0.5) is 4.39 Å². The van der Waals surface area contributed by atoms with Gasteiger partial charge >= 0.3 is 0 Å². The van der Waals surface area contributed by atoms with Gasteiger partial charge in [-0.15, -0.1) is 0 Å². The van der Waals surface area contributed by atoms with E-state index < -0.39 is 0 Å². The number of rotatable bonds is 3. The Bertz CT molecular complexity index is 372. The van der Waals surface area contributed by atoms with Crippen molar-refractivity contribution in [2.75, 3.05) is 0 Å². The molecule has 1 aromatic rings. The molecule has 1 aliphatic carbocycles. The van der Waals surface area contributed by atoms with E-state index in [1.54, 1.807) is 12.1 Å². The molecule has 14 heavy (non-hydrogen) atoms. The minimum Gasteiger partial charge on any atom is -0.299 e. The number of halogens is 2. The molecule has 0 saturated heterocycles. The van der Waals surface area contributed by atoms with Crippen molar-refractivity contribution in [3.63, 3.8) is 0 Å². The zero-order chi connectivity index (χ0) is 10.1. The van der Waals surface area contributed by atoms with Crippen LogP contribution in [-0.2, 0) is 11.2 Å². The number of benzene rings is 1. The van der Waals surface area contributed by atoms with Gasteiger partial charge in [0.2, 0.25) is 0 Å². The highest BCUT2D eigenvalue weighted by molar-refractivity contribution is 9.10. The highest BCUT2D eigenvalue weighted by atomic mass is 79.9. The molecular weight excluding hydrogens is 247 g/mol. The lowest BCUT2D eigenvalue weighted by molar-refractivity contribution is -0.119. The average Bonchev–Trinajstić information content (AvgIpc) is 2.94. The summed E-state index contributed by atoms with van der Waals surface area (Å²) in [6.07, 6.45) is 2.49. The van der Waals surface area contributed by atoms with Gasteiger partial charge in [-0.1, -0.05) is 6.07 Å². The van der Waals surface area contributed by atoms with Crippen LogP contribution in [0.25, 0.3) is 0 Å². The van der Waals surface area contributed by atoms with E-state index >= 15 is 0 Å². The molecule has 0 bridgehead atoms. The van der Waals surface area contributed by atoms with Gasteiger partial charge in [-0.25, -0.2) is 4.39 Å². The predicted octanol–water partition coefficient (Wildman–Crippen LogP) is 3.11. The van der Waals surface area contributed by atoms with Crippen molar-refractivity contribution in [3.05, 3.63) is 34.1 Å². The lowest BCUT2D eigenvalue weighted by Crippen LogP contribution is -2.04. The van der Waals surface area contributed by atoms with E-state index in [4.69, 9.17) is 0 Å². The van der Waals surface area contributed by atoms with Crippen molar-refractivity contribution < 1.29 is 9.18 Å². The Balaban J connectivity index is 2.08. The molecule has 1 nitrogen and oxygen atoms in total. The minimum absolute atomic E-state index is 0.277. The molecule has 0 amide bonds. The molecule has 0 aromatic heterocycles. The number of Topliss-reactive ketones (excluding diaryl/α,β-unsaturated/α-hetero) is 1. The van der Waals surface area contributed by atoms with Gasteiger partial charge in [-0.3, -0.25) is 4.79 Å². The summed E-state index contributed by atoms with van der Waals surface area (Å²) in [6, 6.07) is 4.73. The number of carbonyl (C=O) groups excluding carboxylic acids is 1. The van der Waals surface area contributed by atoms with E-state index in [1.165, 1.54) is 6.07 Å². The maximum atomic E-state index is 12.9. The van der Waals surface area contributed by atoms with Gasteiger partial charge in [0.05, 0.1) is 4.47 Å². The van der Waals surface area contributed by atoms with E-state index in [-0.39, 0.29) is 17.5 Å². The summed E-state index contributed by atoms with van der Waals surface area (Å²) >= 11 is 3.10. The standard InChI is InChI=1S/C11H10BrFO/c12-9-5-7(1-4-10(9)13)6-11(14)8-2-3-8/h1,4-5,8H,2-3,6H2. The third-order valence-electron chi connectivity index (χ3n) is 2.40. The van der Waals surface area contributed by atoms with E-state index in [0.717, 1.165) is 18.4 Å². The zero-order valence-electron chi connectivity index (χ0n) is 7.59. The third-order valence-corrected chi connectivity index (χ3v) is 3.00. The Morgan fingerprint density at radius 3 is 2.79 bits per heavy atom. The normalized spacial score (nSPS) is 15.6. The fraction of sp³-hybridized carbons (Fsp3) is 0.364. The molecule has 0 N–H and O–H groups in total. The molecule has 3 heteroatoms. The Labute approximate surface area is 90.4 Å². The quantitative estimate of drug-likeness (QED) is 0.813. The summed E-state index contributed by atoms with van der Waals surface area (Å²) in [5.41, 5.74) is 0.884. The SMILES string of the molecule is O=C(Cc1ccc(F)c(Br)c1)C1CC1. The second-order valence-corrected chi connectivity index (χ2v) is 4.52. The van der Waals surface area contributed by atoms with Crippen molar-refractivity contribution in [1.82, 2.24) is 0 Å². The highest BCUT2D eigenvalue weighted by Crippen LogP contribution is 2.31. The third kappa shape index (κ3) is 2.21. The van der Waals surface area contributed by atoms with Crippen LogP contribution in [0.15, 0.2) is 22.7 Å². The fourth-order valence-electron chi connectivity index (χ4n) is 1.40. The summed E-state index contributed by atoms with van der Waals surface area (Å²) in [5.74, 6) is 0.273. The van der Waals surface area contributed by atoms with Crippen LogP contribution in [0.3, 0.4) is 0 Å². The largest absolute Gasteiger partial charge is 0.299 e. The van der Waals surface area contributed by atoms with Gasteiger partial charge in [-0.2, -0.15) is 0 Å². The molecule has 0 spiro atoms. The molecule has 0 unspecified atom stereocenters. The van der Waals surface area contributed by atoms with Gasteiger partial charge in [0.1, 0.15) is 11.6 Å². The summed E-state index contributed by atoms with van der Waals surface area (Å²) in [4.78, 5) is 11.5. The lowest BCUT2D eigenvalue weighted by Gasteiger charge is -2.01. The first-order valence-electron chi connectivity index (χ1n) is 4.63. The predicted molar refractivity (Wildman–Crippen MR) is 55.5 cm³/mol. The fourth-order valence-corrected chi connectivity index (χ4v) is 1.83. The highest BCUT2D eigenvalue weighted by Gasteiger charge is 2.29. The number of hydrogen-bond acceptors (Lipinski definition) is 1. The summed E-state index contributed by atoms with van der Waals surface area (Å²) < 4.78 is 13.3. The Morgan fingerprint density at radius 1 is 1.50 bits per heavy atom. The first-order chi connectivity index (χ1) is 6.66. The smallest absolute Gasteiger partial charge is 0.140 e. The first kappa shape index (κ1) is 9.84. The Hall–Kier alpha value is -0.700. The van der Waals surface area contributed by atoms with Crippen LogP contribution < -0.4 is 0 Å². The molecule has 0 radical (unpaired) electrons. The topological polar surface area (TPSA) is 17.1 Å². The van der Waals surface area contributed by atoms with Crippen LogP contribution >= 0.6 is 15.9 Å². The Kier molecular flexibility index (Phi) is 2.68. The lowest BCUT2D eigenvalue weighted by atomic mass is 10.1. The van der Waals surface area contributed by atoms with Crippen LogP contribution in [-0.4, -0.2) is 5.78 Å². The van der Waals surface area contributed by atoms with Crippen molar-refractivity contribution >= 4 is 21.7 Å². The van der Waals surface area contributed by atoms with Crippen LogP contribution in [0, 0.1) is 11.7 Å². The molecule has 2 rings (SSSR count). The van der Waals surface area contributed by atoms with E-state index in [2.05, 4.69) is 15.9 Å². The number of carbonyl (C=O) groups is 1. The van der Waals surface area contributed by atoms with Crippen LogP contribution in [0.2, 0.25) is 0 Å². The van der Waals surface area contributed by atoms with Crippen LogP contribution in [0.1, 0.15) is 18.4 Å². The second-order valence-electron chi connectivity index (χ2n) is 3.67. The van der Waals surface area contributed by atoms with Gasteiger partial charge < -0.3 is 0 Å². The molecule has 0 atom stereocenters. The second kappa shape index (κ2) is 3.81. The molecule has 74 valence electrons.